The van der Waals surface area contributed by atoms with Crippen molar-refractivity contribution in [2.75, 3.05) is 24.6 Å². The lowest BCUT2D eigenvalue weighted by atomic mass is 10.1. The Hall–Kier alpha value is -3.90. The number of nitrogen functional groups attached to an aromatic ring is 2. The van der Waals surface area contributed by atoms with E-state index in [0.717, 1.165) is 0 Å². The highest BCUT2D eigenvalue weighted by Gasteiger charge is 2.38. The Labute approximate surface area is 219 Å². The van der Waals surface area contributed by atoms with E-state index in [1.54, 1.807) is 9.13 Å². The molecule has 2 aliphatic rings. The molecule has 2 fully saturated rings. The first kappa shape index (κ1) is 25.4. The van der Waals surface area contributed by atoms with Gasteiger partial charge in [0.1, 0.15) is 12.5 Å². The second kappa shape index (κ2) is 10.0. The average Bonchev–Trinajstić information content (AvgIpc) is 3.66. The quantitative estimate of drug-likeness (QED) is 0.120. The van der Waals surface area contributed by atoms with E-state index >= 15 is 0 Å². The van der Waals surface area contributed by atoms with Gasteiger partial charge in [-0.15, -0.1) is 0 Å². The maximum Gasteiger partial charge on any atom is 0.280 e. The molecule has 6 rings (SSSR count). The van der Waals surface area contributed by atoms with E-state index in [4.69, 9.17) is 20.9 Å². The van der Waals surface area contributed by atoms with Crippen molar-refractivity contribution in [2.45, 2.75) is 62.5 Å². The number of aliphatic hydroxyl groups is 2. The Morgan fingerprint density at radius 1 is 0.949 bits per heavy atom. The number of imidazole rings is 2. The Balaban J connectivity index is 1.05. The van der Waals surface area contributed by atoms with Crippen LogP contribution < -0.4 is 27.9 Å². The van der Waals surface area contributed by atoms with Gasteiger partial charge in [0, 0.05) is 18.9 Å². The number of hydrogen-bond donors (Lipinski definition) is 7. The van der Waals surface area contributed by atoms with Crippen molar-refractivity contribution in [3.05, 3.63) is 33.4 Å². The van der Waals surface area contributed by atoms with Gasteiger partial charge >= 0.3 is 0 Å². The number of anilines is 2. The molecule has 0 aromatic carbocycles. The Kier molecular flexibility index (Phi) is 6.51. The van der Waals surface area contributed by atoms with E-state index in [0.29, 0.717) is 43.5 Å². The van der Waals surface area contributed by atoms with Crippen LogP contribution in [0.4, 0.5) is 11.9 Å². The number of nitrogens with zero attached hydrogens (tertiary/aromatic N) is 6. The molecule has 9 N–H and O–H groups in total. The van der Waals surface area contributed by atoms with Gasteiger partial charge in [0.25, 0.3) is 11.1 Å². The lowest BCUT2D eigenvalue weighted by molar-refractivity contribution is -0.0264. The van der Waals surface area contributed by atoms with Crippen LogP contribution in [0.2, 0.25) is 0 Å². The number of hydrogen-bond acceptors (Lipinski definition) is 13. The number of H-pyrrole nitrogens is 2. The maximum absolute atomic E-state index is 12.1. The van der Waals surface area contributed by atoms with Crippen molar-refractivity contribution < 1.29 is 19.7 Å². The van der Waals surface area contributed by atoms with E-state index in [1.165, 1.54) is 12.7 Å². The first-order valence-corrected chi connectivity index (χ1v) is 12.6. The summed E-state index contributed by atoms with van der Waals surface area (Å²) in [6.07, 6.45) is 2.43. The molecule has 0 unspecified atom stereocenters. The first-order valence-electron chi connectivity index (χ1n) is 12.6. The fraction of sp³-hybridized carbons (Fsp3) is 0.545. The molecule has 17 heteroatoms. The van der Waals surface area contributed by atoms with Crippen LogP contribution in [0, 0.1) is 0 Å². The summed E-state index contributed by atoms with van der Waals surface area (Å²) in [5, 5.41) is 23.9. The number of nitrogens with one attached hydrogen (secondary N) is 3. The zero-order valence-corrected chi connectivity index (χ0v) is 20.7. The van der Waals surface area contributed by atoms with Crippen molar-refractivity contribution in [1.82, 2.24) is 44.4 Å². The van der Waals surface area contributed by atoms with Gasteiger partial charge in [-0.25, -0.2) is 9.97 Å². The number of ether oxygens (including phenoxy) is 2. The van der Waals surface area contributed by atoms with Crippen LogP contribution in [-0.4, -0.2) is 86.8 Å². The number of nitrogens with two attached hydrogens (primary N) is 2. The topological polar surface area (TPSA) is 250 Å². The van der Waals surface area contributed by atoms with Crippen LogP contribution in [-0.2, 0) is 9.47 Å². The largest absolute Gasteiger partial charge is 0.394 e. The smallest absolute Gasteiger partial charge is 0.280 e. The second-order valence-electron chi connectivity index (χ2n) is 9.73. The predicted octanol–water partition coefficient (Wildman–Crippen LogP) is -1.92. The monoisotopic (exact) mass is 543 g/mol. The summed E-state index contributed by atoms with van der Waals surface area (Å²) in [7, 11) is 0. The fourth-order valence-corrected chi connectivity index (χ4v) is 5.33. The predicted molar refractivity (Wildman–Crippen MR) is 136 cm³/mol. The van der Waals surface area contributed by atoms with Crippen LogP contribution in [0.5, 0.6) is 0 Å². The fourth-order valence-electron chi connectivity index (χ4n) is 5.33. The summed E-state index contributed by atoms with van der Waals surface area (Å²) in [6, 6.07) is -0.161. The van der Waals surface area contributed by atoms with Crippen molar-refractivity contribution in [2.24, 2.45) is 0 Å². The molecule has 17 nitrogen and oxygen atoms in total. The van der Waals surface area contributed by atoms with Crippen LogP contribution in [0.1, 0.15) is 38.1 Å². The maximum atomic E-state index is 12.1. The molecule has 0 aliphatic carbocycles. The van der Waals surface area contributed by atoms with E-state index in [-0.39, 0.29) is 35.6 Å². The summed E-state index contributed by atoms with van der Waals surface area (Å²) in [5.41, 5.74) is 11.4. The molecule has 0 saturated carbocycles. The molecule has 4 aromatic heterocycles. The van der Waals surface area contributed by atoms with Crippen molar-refractivity contribution in [3.8, 4) is 0 Å². The molecule has 2 aliphatic heterocycles. The third kappa shape index (κ3) is 4.63. The van der Waals surface area contributed by atoms with Gasteiger partial charge in [-0.05, 0) is 19.4 Å². The summed E-state index contributed by atoms with van der Waals surface area (Å²) in [6.45, 7) is 0.398. The van der Waals surface area contributed by atoms with Crippen LogP contribution in [0.15, 0.2) is 22.2 Å². The van der Waals surface area contributed by atoms with Crippen molar-refractivity contribution in [1.29, 1.82) is 0 Å². The summed E-state index contributed by atoms with van der Waals surface area (Å²) in [4.78, 5) is 45.5. The third-order valence-corrected chi connectivity index (χ3v) is 7.21. The number of aromatic amines is 2. The molecule has 2 saturated heterocycles. The number of rotatable bonds is 8. The molecular formula is C22H29N11O6. The van der Waals surface area contributed by atoms with Gasteiger partial charge < -0.3 is 36.5 Å². The summed E-state index contributed by atoms with van der Waals surface area (Å²) < 4.78 is 15.3. The minimum Gasteiger partial charge on any atom is -0.394 e. The van der Waals surface area contributed by atoms with Gasteiger partial charge in [0.2, 0.25) is 11.9 Å². The van der Waals surface area contributed by atoms with Crippen LogP contribution >= 0.6 is 0 Å². The molecule has 6 atom stereocenters. The lowest BCUT2D eigenvalue weighted by Gasteiger charge is -2.19. The SMILES string of the molecule is Nc1nc2c(ncn2[C@H]2C[C@H](NCCC[C@H]3O[C@@H](n4cnc5c(=O)[nH]c(N)nc54)C[C@@H]3O)[C@@H](CO)O2)c(=O)[nH]1. The minimum atomic E-state index is -0.700. The molecule has 0 bridgehead atoms. The highest BCUT2D eigenvalue weighted by molar-refractivity contribution is 5.71. The molecule has 208 valence electrons. The normalized spacial score (nSPS) is 27.2. The minimum absolute atomic E-state index is 0.0190. The second-order valence-corrected chi connectivity index (χ2v) is 9.73. The standard InChI is InChI=1S/C22H29N11O6/c23-21-28-17-15(19(36)30-21)26-7-32(17)13-4-9(12(6-34)39-13)25-3-1-2-11-10(35)5-14(38-11)33-8-27-16-18(33)29-22(24)31-20(16)37/h7-14,25,34-35H,1-6H2,(H3,23,28,30,36)(H3,24,29,31,37)/t9-,10-,11+,12+,13+,14+/m0/s1. The molecule has 0 radical (unpaired) electrons. The molecule has 0 amide bonds. The van der Waals surface area contributed by atoms with Gasteiger partial charge in [-0.3, -0.25) is 28.7 Å². The molecule has 39 heavy (non-hydrogen) atoms. The molecule has 6 heterocycles. The zero-order chi connectivity index (χ0) is 27.3. The summed E-state index contributed by atoms with van der Waals surface area (Å²) >= 11 is 0. The van der Waals surface area contributed by atoms with E-state index in [1.807, 2.05) is 0 Å². The zero-order valence-electron chi connectivity index (χ0n) is 20.7. The number of fused-ring (bicyclic) bond motifs is 2. The van der Waals surface area contributed by atoms with Crippen molar-refractivity contribution >= 4 is 34.2 Å². The summed E-state index contributed by atoms with van der Waals surface area (Å²) in [5.74, 6) is -0.0421. The highest BCUT2D eigenvalue weighted by atomic mass is 16.5. The highest BCUT2D eigenvalue weighted by Crippen LogP contribution is 2.33. The van der Waals surface area contributed by atoms with Crippen molar-refractivity contribution in [3.63, 3.8) is 0 Å². The Bertz CT molecular complexity index is 1610. The van der Waals surface area contributed by atoms with Crippen LogP contribution in [0.25, 0.3) is 22.3 Å². The van der Waals surface area contributed by atoms with Gasteiger partial charge in [-0.2, -0.15) is 9.97 Å². The van der Waals surface area contributed by atoms with Crippen LogP contribution in [0.3, 0.4) is 0 Å². The Morgan fingerprint density at radius 2 is 1.51 bits per heavy atom. The molecule has 4 aromatic rings. The molecular weight excluding hydrogens is 514 g/mol. The number of aromatic nitrogens is 8. The first-order chi connectivity index (χ1) is 18.8. The van der Waals surface area contributed by atoms with E-state index < -0.39 is 41.9 Å². The van der Waals surface area contributed by atoms with Gasteiger partial charge in [-0.1, -0.05) is 0 Å². The van der Waals surface area contributed by atoms with E-state index in [9.17, 15) is 19.8 Å². The lowest BCUT2D eigenvalue weighted by Crippen LogP contribution is -2.39. The average molecular weight is 544 g/mol. The van der Waals surface area contributed by atoms with E-state index in [2.05, 4.69) is 35.2 Å². The molecule has 0 spiro atoms. The third-order valence-electron chi connectivity index (χ3n) is 7.21. The van der Waals surface area contributed by atoms with Gasteiger partial charge in [0.15, 0.2) is 22.3 Å². The van der Waals surface area contributed by atoms with Gasteiger partial charge in [0.05, 0.1) is 37.6 Å². The Morgan fingerprint density at radius 3 is 2.10 bits per heavy atom. The number of aliphatic hydroxyl groups excluding tert-OH is 2.